The lowest BCUT2D eigenvalue weighted by molar-refractivity contribution is -0.119. The van der Waals surface area contributed by atoms with Crippen LogP contribution in [0.2, 0.25) is 20.1 Å². The second-order valence-electron chi connectivity index (χ2n) is 4.96. The molecule has 0 fully saturated rings. The Labute approximate surface area is 150 Å². The van der Waals surface area contributed by atoms with Crippen LogP contribution in [-0.2, 0) is 17.6 Å². The first kappa shape index (κ1) is 17.6. The number of hydrogen-bond acceptors (Lipinski definition) is 1. The van der Waals surface area contributed by atoms with Gasteiger partial charge in [-0.05, 0) is 36.1 Å². The number of carbonyl (C=O) groups excluding carboxylic acids is 1. The molecule has 0 spiro atoms. The zero-order valence-electron chi connectivity index (χ0n) is 11.7. The van der Waals surface area contributed by atoms with Crippen molar-refractivity contribution in [3.05, 3.63) is 67.6 Å². The van der Waals surface area contributed by atoms with Gasteiger partial charge in [-0.2, -0.15) is 0 Å². The molecule has 0 heterocycles. The zero-order chi connectivity index (χ0) is 16.1. The SMILES string of the molecule is O=C(CCc1cccc(Cl)c1Cl)CCc1cccc(Cl)c1Cl. The van der Waals surface area contributed by atoms with Gasteiger partial charge in [-0.15, -0.1) is 0 Å². The van der Waals surface area contributed by atoms with Gasteiger partial charge in [0.15, 0.2) is 0 Å². The van der Waals surface area contributed by atoms with E-state index in [0.29, 0.717) is 45.8 Å². The number of Topliss-reactive ketones (excluding diaryl/α,β-unsaturated/α-hetero) is 1. The van der Waals surface area contributed by atoms with Crippen molar-refractivity contribution in [1.29, 1.82) is 0 Å². The minimum atomic E-state index is 0.159. The first-order valence-corrected chi connectivity index (χ1v) is 8.37. The first-order chi connectivity index (χ1) is 10.5. The average Bonchev–Trinajstić information content (AvgIpc) is 2.50. The number of rotatable bonds is 6. The third kappa shape index (κ3) is 4.63. The van der Waals surface area contributed by atoms with E-state index in [0.717, 1.165) is 11.1 Å². The van der Waals surface area contributed by atoms with E-state index in [1.807, 2.05) is 24.3 Å². The summed E-state index contributed by atoms with van der Waals surface area (Å²) in [5, 5.41) is 2.07. The van der Waals surface area contributed by atoms with Crippen molar-refractivity contribution in [3.63, 3.8) is 0 Å². The van der Waals surface area contributed by atoms with E-state index in [-0.39, 0.29) is 5.78 Å². The van der Waals surface area contributed by atoms with Crippen LogP contribution in [0.15, 0.2) is 36.4 Å². The van der Waals surface area contributed by atoms with Gasteiger partial charge in [0.25, 0.3) is 0 Å². The van der Waals surface area contributed by atoms with Crippen molar-refractivity contribution in [2.24, 2.45) is 0 Å². The molecule has 5 heteroatoms. The van der Waals surface area contributed by atoms with Gasteiger partial charge in [-0.3, -0.25) is 4.79 Å². The van der Waals surface area contributed by atoms with Gasteiger partial charge >= 0.3 is 0 Å². The number of benzene rings is 2. The van der Waals surface area contributed by atoms with Gasteiger partial charge in [0.05, 0.1) is 20.1 Å². The smallest absolute Gasteiger partial charge is 0.133 e. The summed E-state index contributed by atoms with van der Waals surface area (Å²) < 4.78 is 0. The maximum Gasteiger partial charge on any atom is 0.133 e. The summed E-state index contributed by atoms with van der Waals surface area (Å²) in [5.74, 6) is 0.159. The molecule has 0 aliphatic heterocycles. The number of halogens is 4. The molecule has 2 rings (SSSR count). The predicted octanol–water partition coefficient (Wildman–Crippen LogP) is 6.43. The molecule has 0 saturated heterocycles. The van der Waals surface area contributed by atoms with Crippen LogP contribution in [0.1, 0.15) is 24.0 Å². The van der Waals surface area contributed by atoms with Gasteiger partial charge in [0.2, 0.25) is 0 Å². The second kappa shape index (κ2) is 8.21. The van der Waals surface area contributed by atoms with Crippen LogP contribution in [0.25, 0.3) is 0 Å². The van der Waals surface area contributed by atoms with Crippen molar-refractivity contribution in [3.8, 4) is 0 Å². The quantitative estimate of drug-likeness (QED) is 0.568. The maximum atomic E-state index is 12.0. The summed E-state index contributed by atoms with van der Waals surface area (Å²) in [5.41, 5.74) is 1.78. The van der Waals surface area contributed by atoms with E-state index in [4.69, 9.17) is 46.4 Å². The Balaban J connectivity index is 1.88. The molecule has 0 N–H and O–H groups in total. The van der Waals surface area contributed by atoms with E-state index in [1.165, 1.54) is 0 Å². The lowest BCUT2D eigenvalue weighted by Crippen LogP contribution is -2.03. The van der Waals surface area contributed by atoms with E-state index < -0.39 is 0 Å². The molecule has 0 aliphatic carbocycles. The van der Waals surface area contributed by atoms with Crippen molar-refractivity contribution < 1.29 is 4.79 Å². The Morgan fingerprint density at radius 1 is 0.727 bits per heavy atom. The molecule has 0 amide bonds. The van der Waals surface area contributed by atoms with Crippen LogP contribution in [0.5, 0.6) is 0 Å². The number of carbonyl (C=O) groups is 1. The van der Waals surface area contributed by atoms with Crippen LogP contribution in [0, 0.1) is 0 Å². The molecule has 0 unspecified atom stereocenters. The van der Waals surface area contributed by atoms with Crippen LogP contribution in [-0.4, -0.2) is 5.78 Å². The largest absolute Gasteiger partial charge is 0.300 e. The first-order valence-electron chi connectivity index (χ1n) is 6.86. The zero-order valence-corrected chi connectivity index (χ0v) is 14.7. The van der Waals surface area contributed by atoms with Gasteiger partial charge < -0.3 is 0 Å². The Bertz CT molecular complexity index is 625. The Morgan fingerprint density at radius 2 is 1.14 bits per heavy atom. The average molecular weight is 376 g/mol. The lowest BCUT2D eigenvalue weighted by atomic mass is 10.0. The minimum absolute atomic E-state index is 0.159. The molecule has 0 aliphatic rings. The topological polar surface area (TPSA) is 17.1 Å². The highest BCUT2D eigenvalue weighted by Crippen LogP contribution is 2.28. The number of aryl methyl sites for hydroxylation is 2. The van der Waals surface area contributed by atoms with Gasteiger partial charge in [0, 0.05) is 12.8 Å². The molecule has 2 aromatic rings. The normalized spacial score (nSPS) is 10.7. The highest BCUT2D eigenvalue weighted by atomic mass is 35.5. The highest BCUT2D eigenvalue weighted by Gasteiger charge is 2.10. The fraction of sp³-hybridized carbons (Fsp3) is 0.235. The fourth-order valence-electron chi connectivity index (χ4n) is 2.16. The van der Waals surface area contributed by atoms with E-state index in [9.17, 15) is 4.79 Å². The molecular formula is C17H14Cl4O. The maximum absolute atomic E-state index is 12.0. The Kier molecular flexibility index (Phi) is 6.58. The fourth-order valence-corrected chi connectivity index (χ4v) is 2.99. The van der Waals surface area contributed by atoms with Gasteiger partial charge in [0.1, 0.15) is 5.78 Å². The molecule has 0 saturated carbocycles. The molecule has 0 atom stereocenters. The van der Waals surface area contributed by atoms with Crippen molar-refractivity contribution in [2.45, 2.75) is 25.7 Å². The van der Waals surface area contributed by atoms with E-state index in [2.05, 4.69) is 0 Å². The van der Waals surface area contributed by atoms with Gasteiger partial charge in [-0.1, -0.05) is 70.7 Å². The lowest BCUT2D eigenvalue weighted by Gasteiger charge is -2.07. The summed E-state index contributed by atoms with van der Waals surface area (Å²) >= 11 is 24.1. The van der Waals surface area contributed by atoms with Crippen LogP contribution >= 0.6 is 46.4 Å². The summed E-state index contributed by atoms with van der Waals surface area (Å²) in [4.78, 5) is 12.0. The molecule has 0 radical (unpaired) electrons. The monoisotopic (exact) mass is 374 g/mol. The van der Waals surface area contributed by atoms with Gasteiger partial charge in [-0.25, -0.2) is 0 Å². The number of ketones is 1. The molecule has 0 bridgehead atoms. The predicted molar refractivity (Wildman–Crippen MR) is 94.6 cm³/mol. The van der Waals surface area contributed by atoms with Crippen molar-refractivity contribution in [1.82, 2.24) is 0 Å². The molecule has 2 aromatic carbocycles. The molecule has 22 heavy (non-hydrogen) atoms. The Hall–Kier alpha value is -0.730. The summed E-state index contributed by atoms with van der Waals surface area (Å²) in [6.07, 6.45) is 2.03. The van der Waals surface area contributed by atoms with Crippen molar-refractivity contribution >= 4 is 52.2 Å². The van der Waals surface area contributed by atoms with Crippen LogP contribution in [0.3, 0.4) is 0 Å². The summed E-state index contributed by atoms with van der Waals surface area (Å²) in [6, 6.07) is 10.9. The molecule has 1 nitrogen and oxygen atoms in total. The third-order valence-electron chi connectivity index (χ3n) is 3.41. The van der Waals surface area contributed by atoms with Crippen molar-refractivity contribution in [2.75, 3.05) is 0 Å². The highest BCUT2D eigenvalue weighted by molar-refractivity contribution is 6.43. The van der Waals surface area contributed by atoms with E-state index in [1.54, 1.807) is 12.1 Å². The molecule has 116 valence electrons. The minimum Gasteiger partial charge on any atom is -0.300 e. The van der Waals surface area contributed by atoms with E-state index >= 15 is 0 Å². The Morgan fingerprint density at radius 3 is 1.55 bits per heavy atom. The number of hydrogen-bond donors (Lipinski definition) is 0. The summed E-state index contributed by atoms with van der Waals surface area (Å²) in [6.45, 7) is 0. The third-order valence-corrected chi connectivity index (χ3v) is 5.13. The standard InChI is InChI=1S/C17H14Cl4O/c18-14-5-1-3-11(16(14)20)7-9-13(22)10-8-12-4-2-6-15(19)17(12)21/h1-6H,7-10H2. The second-order valence-corrected chi connectivity index (χ2v) is 6.53. The molecule has 0 aromatic heterocycles. The molecular weight excluding hydrogens is 362 g/mol. The summed E-state index contributed by atoms with van der Waals surface area (Å²) in [7, 11) is 0. The van der Waals surface area contributed by atoms with Crippen LogP contribution < -0.4 is 0 Å². The van der Waals surface area contributed by atoms with Crippen LogP contribution in [0.4, 0.5) is 0 Å².